The highest BCUT2D eigenvalue weighted by Gasteiger charge is 2.13. The highest BCUT2D eigenvalue weighted by Crippen LogP contribution is 2.10. The van der Waals surface area contributed by atoms with E-state index >= 15 is 0 Å². The molecule has 0 saturated heterocycles. The lowest BCUT2D eigenvalue weighted by Crippen LogP contribution is -2.37. The van der Waals surface area contributed by atoms with Crippen LogP contribution >= 0.6 is 11.6 Å². The van der Waals surface area contributed by atoms with E-state index in [2.05, 4.69) is 9.97 Å². The molecule has 1 atom stereocenters. The minimum Gasteiger partial charge on any atom is -0.298 e. The zero-order chi connectivity index (χ0) is 12.4. The standard InChI is InChI=1S/C11H10ClN3O2/c1-7(8-4-2-3-5-13-8)15-10(16)6-9(12)14-11(15)17/h2-7H,1H3,(H,14,17). The molecule has 2 aromatic rings. The van der Waals surface area contributed by atoms with Crippen LogP contribution in [0.1, 0.15) is 18.7 Å². The number of hydrogen-bond donors (Lipinski definition) is 1. The Labute approximate surface area is 102 Å². The number of aromatic nitrogens is 3. The third-order valence-electron chi connectivity index (χ3n) is 2.44. The minimum atomic E-state index is -0.541. The highest BCUT2D eigenvalue weighted by atomic mass is 35.5. The van der Waals surface area contributed by atoms with Crippen LogP contribution in [0.15, 0.2) is 40.1 Å². The van der Waals surface area contributed by atoms with Gasteiger partial charge in [0.05, 0.1) is 11.7 Å². The van der Waals surface area contributed by atoms with E-state index in [1.807, 2.05) is 0 Å². The van der Waals surface area contributed by atoms with Gasteiger partial charge in [0.25, 0.3) is 5.56 Å². The van der Waals surface area contributed by atoms with Crippen LogP contribution in [0.25, 0.3) is 0 Å². The van der Waals surface area contributed by atoms with Gasteiger partial charge in [-0.2, -0.15) is 0 Å². The fourth-order valence-corrected chi connectivity index (χ4v) is 1.77. The van der Waals surface area contributed by atoms with Crippen LogP contribution in [0.3, 0.4) is 0 Å². The summed E-state index contributed by atoms with van der Waals surface area (Å²) < 4.78 is 1.08. The summed E-state index contributed by atoms with van der Waals surface area (Å²) in [6.07, 6.45) is 1.61. The first-order valence-electron chi connectivity index (χ1n) is 5.02. The Hall–Kier alpha value is -1.88. The predicted octanol–water partition coefficient (Wildman–Crippen LogP) is 1.19. The van der Waals surface area contributed by atoms with Gasteiger partial charge in [-0.05, 0) is 19.1 Å². The molecule has 5 nitrogen and oxygen atoms in total. The van der Waals surface area contributed by atoms with Crippen molar-refractivity contribution < 1.29 is 0 Å². The molecule has 0 aliphatic rings. The average molecular weight is 252 g/mol. The van der Waals surface area contributed by atoms with Gasteiger partial charge in [0.1, 0.15) is 5.15 Å². The number of rotatable bonds is 2. The lowest BCUT2D eigenvalue weighted by atomic mass is 10.2. The molecule has 1 N–H and O–H groups in total. The van der Waals surface area contributed by atoms with E-state index in [0.717, 1.165) is 4.57 Å². The first kappa shape index (κ1) is 11.6. The maximum absolute atomic E-state index is 11.7. The second kappa shape index (κ2) is 4.55. The van der Waals surface area contributed by atoms with Crippen molar-refractivity contribution in [2.45, 2.75) is 13.0 Å². The monoisotopic (exact) mass is 251 g/mol. The molecular formula is C11H10ClN3O2. The van der Waals surface area contributed by atoms with Crippen molar-refractivity contribution >= 4 is 11.6 Å². The molecule has 6 heteroatoms. The van der Waals surface area contributed by atoms with Gasteiger partial charge in [-0.25, -0.2) is 4.79 Å². The Bertz CT molecular complexity index is 602. The molecule has 88 valence electrons. The third-order valence-corrected chi connectivity index (χ3v) is 2.64. The van der Waals surface area contributed by atoms with Gasteiger partial charge in [0.15, 0.2) is 0 Å². The van der Waals surface area contributed by atoms with Crippen LogP contribution in [0, 0.1) is 0 Å². The molecule has 1 unspecified atom stereocenters. The Morgan fingerprint density at radius 2 is 2.18 bits per heavy atom. The SMILES string of the molecule is CC(c1ccccn1)n1c(=O)cc(Cl)[nH]c1=O. The van der Waals surface area contributed by atoms with E-state index < -0.39 is 17.3 Å². The summed E-state index contributed by atoms with van der Waals surface area (Å²) in [5.74, 6) is 0. The molecule has 0 fully saturated rings. The van der Waals surface area contributed by atoms with Gasteiger partial charge < -0.3 is 0 Å². The van der Waals surface area contributed by atoms with Crippen molar-refractivity contribution in [3.63, 3.8) is 0 Å². The quantitative estimate of drug-likeness (QED) is 0.816. The number of hydrogen-bond acceptors (Lipinski definition) is 3. The van der Waals surface area contributed by atoms with E-state index in [1.54, 1.807) is 31.3 Å². The van der Waals surface area contributed by atoms with Gasteiger partial charge in [0.2, 0.25) is 0 Å². The Morgan fingerprint density at radius 1 is 1.41 bits per heavy atom. The molecule has 0 spiro atoms. The largest absolute Gasteiger partial charge is 0.330 e. The minimum absolute atomic E-state index is 0.0319. The molecule has 0 radical (unpaired) electrons. The summed E-state index contributed by atoms with van der Waals surface area (Å²) in [6.45, 7) is 1.73. The number of pyridine rings is 1. The van der Waals surface area contributed by atoms with Crippen molar-refractivity contribution in [3.05, 3.63) is 62.1 Å². The van der Waals surface area contributed by atoms with Crippen LogP contribution in [-0.4, -0.2) is 14.5 Å². The Kier molecular flexibility index (Phi) is 3.10. The Balaban J connectivity index is 2.56. The summed E-state index contributed by atoms with van der Waals surface area (Å²) in [4.78, 5) is 29.9. The molecule has 2 heterocycles. The van der Waals surface area contributed by atoms with E-state index in [-0.39, 0.29) is 5.15 Å². The van der Waals surface area contributed by atoms with Gasteiger partial charge in [-0.15, -0.1) is 0 Å². The van der Waals surface area contributed by atoms with Crippen LogP contribution in [-0.2, 0) is 0 Å². The predicted molar refractivity (Wildman–Crippen MR) is 64.4 cm³/mol. The first-order chi connectivity index (χ1) is 8.09. The van der Waals surface area contributed by atoms with Crippen molar-refractivity contribution in [1.29, 1.82) is 0 Å². The van der Waals surface area contributed by atoms with Crippen LogP contribution < -0.4 is 11.2 Å². The number of nitrogens with zero attached hydrogens (tertiary/aromatic N) is 2. The van der Waals surface area contributed by atoms with Crippen LogP contribution in [0.4, 0.5) is 0 Å². The lowest BCUT2D eigenvalue weighted by molar-refractivity contribution is 0.564. The molecule has 17 heavy (non-hydrogen) atoms. The number of aromatic amines is 1. The van der Waals surface area contributed by atoms with E-state index in [4.69, 9.17) is 11.6 Å². The highest BCUT2D eigenvalue weighted by molar-refractivity contribution is 6.29. The number of H-pyrrole nitrogens is 1. The summed E-state index contributed by atoms with van der Waals surface area (Å²) in [7, 11) is 0. The van der Waals surface area contributed by atoms with Gasteiger partial charge in [-0.3, -0.25) is 19.3 Å². The van der Waals surface area contributed by atoms with Crippen molar-refractivity contribution in [2.24, 2.45) is 0 Å². The maximum Gasteiger partial charge on any atom is 0.330 e. The molecule has 0 aliphatic carbocycles. The maximum atomic E-state index is 11.7. The molecule has 0 saturated carbocycles. The topological polar surface area (TPSA) is 67.8 Å². The van der Waals surface area contributed by atoms with Crippen LogP contribution in [0.2, 0.25) is 5.15 Å². The zero-order valence-electron chi connectivity index (χ0n) is 9.05. The second-order valence-corrected chi connectivity index (χ2v) is 3.97. The molecular weight excluding hydrogens is 242 g/mol. The van der Waals surface area contributed by atoms with E-state index in [1.165, 1.54) is 6.07 Å². The van der Waals surface area contributed by atoms with Crippen molar-refractivity contribution in [2.75, 3.05) is 0 Å². The third kappa shape index (κ3) is 2.29. The van der Waals surface area contributed by atoms with Gasteiger partial charge >= 0.3 is 5.69 Å². The first-order valence-corrected chi connectivity index (χ1v) is 5.39. The van der Waals surface area contributed by atoms with Gasteiger partial charge in [-0.1, -0.05) is 17.7 Å². The molecule has 0 bridgehead atoms. The number of halogens is 1. The van der Waals surface area contributed by atoms with E-state index in [9.17, 15) is 9.59 Å². The van der Waals surface area contributed by atoms with Crippen molar-refractivity contribution in [3.8, 4) is 0 Å². The number of nitrogens with one attached hydrogen (secondary N) is 1. The molecule has 0 aliphatic heterocycles. The fraction of sp³-hybridized carbons (Fsp3) is 0.182. The smallest absolute Gasteiger partial charge is 0.298 e. The Morgan fingerprint density at radius 3 is 2.76 bits per heavy atom. The fourth-order valence-electron chi connectivity index (χ4n) is 1.60. The zero-order valence-corrected chi connectivity index (χ0v) is 9.81. The summed E-state index contributed by atoms with van der Waals surface area (Å²) >= 11 is 5.59. The lowest BCUT2D eigenvalue weighted by Gasteiger charge is -2.12. The summed E-state index contributed by atoms with van der Waals surface area (Å²) in [6, 6.07) is 6.05. The van der Waals surface area contributed by atoms with E-state index in [0.29, 0.717) is 5.69 Å². The molecule has 0 amide bonds. The average Bonchev–Trinajstić information content (AvgIpc) is 2.28. The summed E-state index contributed by atoms with van der Waals surface area (Å²) in [5.41, 5.74) is -0.347. The second-order valence-electron chi connectivity index (χ2n) is 3.56. The summed E-state index contributed by atoms with van der Waals surface area (Å²) in [5, 5.41) is 0.0319. The van der Waals surface area contributed by atoms with Gasteiger partial charge in [0, 0.05) is 12.3 Å². The molecule has 2 aromatic heterocycles. The van der Waals surface area contributed by atoms with Crippen LogP contribution in [0.5, 0.6) is 0 Å². The molecule has 0 aromatic carbocycles. The van der Waals surface area contributed by atoms with Crippen molar-refractivity contribution in [1.82, 2.24) is 14.5 Å². The molecule has 2 rings (SSSR count). The normalized spacial score (nSPS) is 12.4.